The number of pyridine rings is 1. The van der Waals surface area contributed by atoms with Crippen LogP contribution in [0.2, 0.25) is 5.22 Å². The maximum atomic E-state index is 5.66. The van der Waals surface area contributed by atoms with Gasteiger partial charge in [-0.3, -0.25) is 0 Å². The lowest BCUT2D eigenvalue weighted by Gasteiger charge is -1.98. The number of nitrogen functional groups attached to an aromatic ring is 1. The maximum Gasteiger partial charge on any atom is 0.193 e. The van der Waals surface area contributed by atoms with Gasteiger partial charge in [0.1, 0.15) is 11.6 Å². The van der Waals surface area contributed by atoms with E-state index < -0.39 is 0 Å². The lowest BCUT2D eigenvalue weighted by atomic mass is 10.5. The van der Waals surface area contributed by atoms with Crippen molar-refractivity contribution in [2.75, 3.05) is 5.73 Å². The Hall–Kier alpha value is -1.13. The van der Waals surface area contributed by atoms with Crippen molar-refractivity contribution in [2.45, 2.75) is 10.6 Å². The molecule has 2 N–H and O–H groups in total. The Kier molecular flexibility index (Phi) is 3.18. The van der Waals surface area contributed by atoms with E-state index in [1.54, 1.807) is 30.1 Å². The van der Waals surface area contributed by atoms with Crippen molar-refractivity contribution in [2.24, 2.45) is 0 Å². The number of furan rings is 1. The van der Waals surface area contributed by atoms with Gasteiger partial charge in [-0.05, 0) is 35.9 Å². The van der Waals surface area contributed by atoms with Gasteiger partial charge < -0.3 is 10.2 Å². The number of nitrogens with zero attached hydrogens (tertiary/aromatic N) is 1. The van der Waals surface area contributed by atoms with Crippen molar-refractivity contribution in [3.8, 4) is 0 Å². The summed E-state index contributed by atoms with van der Waals surface area (Å²) in [5.41, 5.74) is 5.48. The van der Waals surface area contributed by atoms with Gasteiger partial charge in [0.05, 0.1) is 5.75 Å². The van der Waals surface area contributed by atoms with Gasteiger partial charge in [0.2, 0.25) is 0 Å². The van der Waals surface area contributed by atoms with Crippen molar-refractivity contribution in [1.29, 1.82) is 0 Å². The molecule has 0 atom stereocenters. The van der Waals surface area contributed by atoms with Gasteiger partial charge in [-0.2, -0.15) is 0 Å². The Morgan fingerprint density at radius 2 is 2.20 bits per heavy atom. The van der Waals surface area contributed by atoms with Crippen LogP contribution in [0.25, 0.3) is 0 Å². The molecule has 2 heterocycles. The van der Waals surface area contributed by atoms with E-state index in [4.69, 9.17) is 21.8 Å². The summed E-state index contributed by atoms with van der Waals surface area (Å²) in [6.45, 7) is 0. The van der Waals surface area contributed by atoms with Crippen molar-refractivity contribution in [3.63, 3.8) is 0 Å². The van der Waals surface area contributed by atoms with Crippen LogP contribution in [0.4, 0.5) is 5.82 Å². The van der Waals surface area contributed by atoms with E-state index in [1.165, 1.54) is 0 Å². The summed E-state index contributed by atoms with van der Waals surface area (Å²) in [7, 11) is 0. The lowest BCUT2D eigenvalue weighted by Crippen LogP contribution is -1.88. The zero-order chi connectivity index (χ0) is 10.7. The molecule has 2 aromatic heterocycles. The smallest absolute Gasteiger partial charge is 0.193 e. The molecular weight excluding hydrogens is 232 g/mol. The number of aromatic nitrogens is 1. The summed E-state index contributed by atoms with van der Waals surface area (Å²) >= 11 is 7.28. The zero-order valence-corrected chi connectivity index (χ0v) is 9.39. The quantitative estimate of drug-likeness (QED) is 0.837. The molecule has 0 bridgehead atoms. The molecule has 2 aromatic rings. The first-order valence-corrected chi connectivity index (χ1v) is 5.69. The summed E-state index contributed by atoms with van der Waals surface area (Å²) in [5, 5.41) is 0.418. The minimum atomic E-state index is 0.418. The highest BCUT2D eigenvalue weighted by Gasteiger charge is 2.01. The second-order valence-electron chi connectivity index (χ2n) is 2.91. The van der Waals surface area contributed by atoms with Gasteiger partial charge in [-0.25, -0.2) is 4.98 Å². The summed E-state index contributed by atoms with van der Waals surface area (Å²) in [4.78, 5) is 5.05. The fraction of sp³-hybridized carbons (Fsp3) is 0.100. The lowest BCUT2D eigenvalue weighted by molar-refractivity contribution is 0.532. The molecule has 0 spiro atoms. The van der Waals surface area contributed by atoms with Crippen LogP contribution in [-0.4, -0.2) is 4.98 Å². The Labute approximate surface area is 96.6 Å². The van der Waals surface area contributed by atoms with Crippen molar-refractivity contribution in [3.05, 3.63) is 41.4 Å². The van der Waals surface area contributed by atoms with E-state index in [0.717, 1.165) is 16.4 Å². The van der Waals surface area contributed by atoms with E-state index in [9.17, 15) is 0 Å². The van der Waals surface area contributed by atoms with E-state index in [1.807, 2.05) is 12.1 Å². The van der Waals surface area contributed by atoms with Crippen LogP contribution in [0.15, 0.2) is 39.8 Å². The molecule has 3 nitrogen and oxygen atoms in total. The molecular formula is C10H9ClN2OS. The molecule has 0 saturated carbocycles. The van der Waals surface area contributed by atoms with Crippen molar-refractivity contribution >= 4 is 29.2 Å². The molecule has 0 aliphatic rings. The number of halogens is 1. The normalized spacial score (nSPS) is 10.5. The number of anilines is 1. The minimum absolute atomic E-state index is 0.418. The largest absolute Gasteiger partial charge is 0.449 e. The average molecular weight is 241 g/mol. The molecule has 0 aromatic carbocycles. The highest BCUT2D eigenvalue weighted by molar-refractivity contribution is 7.98. The molecule has 0 amide bonds. The molecule has 0 saturated heterocycles. The third-order valence-corrected chi connectivity index (χ3v) is 2.98. The molecule has 5 heteroatoms. The van der Waals surface area contributed by atoms with Crippen LogP contribution in [0.3, 0.4) is 0 Å². The van der Waals surface area contributed by atoms with E-state index in [2.05, 4.69) is 4.98 Å². The third kappa shape index (κ3) is 2.91. The maximum absolute atomic E-state index is 5.66. The Morgan fingerprint density at radius 3 is 2.80 bits per heavy atom. The van der Waals surface area contributed by atoms with Gasteiger partial charge in [0, 0.05) is 11.1 Å². The van der Waals surface area contributed by atoms with Gasteiger partial charge in [0.25, 0.3) is 0 Å². The molecule has 2 rings (SSSR count). The van der Waals surface area contributed by atoms with Crippen LogP contribution in [0.1, 0.15) is 5.76 Å². The minimum Gasteiger partial charge on any atom is -0.449 e. The fourth-order valence-electron chi connectivity index (χ4n) is 1.06. The van der Waals surface area contributed by atoms with E-state index in [-0.39, 0.29) is 0 Å². The van der Waals surface area contributed by atoms with Crippen LogP contribution < -0.4 is 5.73 Å². The summed E-state index contributed by atoms with van der Waals surface area (Å²) in [6, 6.07) is 7.30. The SMILES string of the molecule is Nc1ccc(SCc2ccc(Cl)o2)cn1. The Bertz CT molecular complexity index is 441. The van der Waals surface area contributed by atoms with E-state index >= 15 is 0 Å². The predicted octanol–water partition coefficient (Wildman–Crippen LogP) is 3.20. The number of thioether (sulfide) groups is 1. The highest BCUT2D eigenvalue weighted by atomic mass is 35.5. The summed E-state index contributed by atoms with van der Waals surface area (Å²) in [6.07, 6.45) is 1.74. The molecule has 0 aliphatic carbocycles. The monoisotopic (exact) mass is 240 g/mol. The molecule has 0 aliphatic heterocycles. The first kappa shape index (κ1) is 10.4. The van der Waals surface area contributed by atoms with Gasteiger partial charge in [0.15, 0.2) is 5.22 Å². The van der Waals surface area contributed by atoms with Crippen LogP contribution >= 0.6 is 23.4 Å². The molecule has 0 fully saturated rings. The summed E-state index contributed by atoms with van der Waals surface area (Å²) in [5.74, 6) is 2.11. The van der Waals surface area contributed by atoms with Crippen LogP contribution in [-0.2, 0) is 5.75 Å². The Balaban J connectivity index is 1.96. The fourth-order valence-corrected chi connectivity index (χ4v) is 1.98. The topological polar surface area (TPSA) is 52.0 Å². The third-order valence-electron chi connectivity index (χ3n) is 1.77. The average Bonchev–Trinajstić information content (AvgIpc) is 2.64. The molecule has 0 unspecified atom stereocenters. The molecule has 0 radical (unpaired) electrons. The number of nitrogens with two attached hydrogens (primary N) is 1. The second-order valence-corrected chi connectivity index (χ2v) is 4.33. The second kappa shape index (κ2) is 4.59. The predicted molar refractivity (Wildman–Crippen MR) is 61.9 cm³/mol. The van der Waals surface area contributed by atoms with Gasteiger partial charge >= 0.3 is 0 Å². The van der Waals surface area contributed by atoms with Crippen molar-refractivity contribution < 1.29 is 4.42 Å². The van der Waals surface area contributed by atoms with E-state index in [0.29, 0.717) is 11.0 Å². The van der Waals surface area contributed by atoms with Gasteiger partial charge in [-0.1, -0.05) is 0 Å². The number of hydrogen-bond acceptors (Lipinski definition) is 4. The van der Waals surface area contributed by atoms with Crippen molar-refractivity contribution in [1.82, 2.24) is 4.98 Å². The number of rotatable bonds is 3. The Morgan fingerprint density at radius 1 is 1.33 bits per heavy atom. The van der Waals surface area contributed by atoms with Crippen LogP contribution in [0.5, 0.6) is 0 Å². The molecule has 15 heavy (non-hydrogen) atoms. The number of hydrogen-bond donors (Lipinski definition) is 1. The van der Waals surface area contributed by atoms with Crippen LogP contribution in [0, 0.1) is 0 Å². The first-order valence-electron chi connectivity index (χ1n) is 4.32. The highest BCUT2D eigenvalue weighted by Crippen LogP contribution is 2.24. The summed E-state index contributed by atoms with van der Waals surface area (Å²) < 4.78 is 5.23. The first-order chi connectivity index (χ1) is 7.24. The standard InChI is InChI=1S/C10H9ClN2OS/c11-9-3-1-7(14-9)6-15-8-2-4-10(12)13-5-8/h1-5H,6H2,(H2,12,13). The zero-order valence-electron chi connectivity index (χ0n) is 7.81. The molecule has 78 valence electrons. The van der Waals surface area contributed by atoms with Gasteiger partial charge in [-0.15, -0.1) is 11.8 Å².